The lowest BCUT2D eigenvalue weighted by atomic mass is 9.95. The highest BCUT2D eigenvalue weighted by Gasteiger charge is 2.28. The minimum atomic E-state index is -2.93. The molecule has 1 amide bonds. The van der Waals surface area contributed by atoms with E-state index in [0.29, 0.717) is 19.4 Å². The molecule has 0 radical (unpaired) electrons. The van der Waals surface area contributed by atoms with Crippen LogP contribution in [0.15, 0.2) is 18.2 Å². The molecule has 1 aromatic heterocycles. The van der Waals surface area contributed by atoms with Gasteiger partial charge in [-0.3, -0.25) is 4.79 Å². The first-order valence-electron chi connectivity index (χ1n) is 9.12. The molecule has 5 nitrogen and oxygen atoms in total. The number of H-pyrrole nitrogens is 1. The minimum absolute atomic E-state index is 0.0221. The first-order chi connectivity index (χ1) is 12.0. The summed E-state index contributed by atoms with van der Waals surface area (Å²) >= 11 is 0. The average molecular weight is 360 g/mol. The summed E-state index contributed by atoms with van der Waals surface area (Å²) in [4.78, 5) is 15.8. The van der Waals surface area contributed by atoms with Gasteiger partial charge in [0, 0.05) is 29.1 Å². The van der Waals surface area contributed by atoms with E-state index in [9.17, 15) is 13.2 Å². The summed E-state index contributed by atoms with van der Waals surface area (Å²) < 4.78 is 23.0. The van der Waals surface area contributed by atoms with Crippen molar-refractivity contribution in [1.82, 2.24) is 10.3 Å². The summed E-state index contributed by atoms with van der Waals surface area (Å²) in [6.45, 7) is 0.498. The van der Waals surface area contributed by atoms with Crippen molar-refractivity contribution < 1.29 is 13.2 Å². The van der Waals surface area contributed by atoms with Gasteiger partial charge in [-0.05, 0) is 61.8 Å². The molecule has 1 saturated heterocycles. The standard InChI is InChI=1S/C19H24N2O3S/c22-19(14-7-9-25(23,24)10-8-14)20-12-13-5-6-18-16(11-13)15-3-1-2-4-17(15)21-18/h5-6,11,14,21H,1-4,7-10,12H2,(H,20,22). The van der Waals surface area contributed by atoms with Crippen LogP contribution in [-0.4, -0.2) is 30.8 Å². The average Bonchev–Trinajstić information content (AvgIpc) is 2.97. The maximum absolute atomic E-state index is 12.3. The lowest BCUT2D eigenvalue weighted by Crippen LogP contribution is -2.35. The van der Waals surface area contributed by atoms with Gasteiger partial charge in [-0.1, -0.05) is 6.07 Å². The number of aromatic amines is 1. The molecule has 2 heterocycles. The Balaban J connectivity index is 1.43. The number of benzene rings is 1. The Labute approximate surface area is 148 Å². The molecule has 6 heteroatoms. The van der Waals surface area contributed by atoms with Crippen LogP contribution < -0.4 is 5.32 Å². The highest BCUT2D eigenvalue weighted by Crippen LogP contribution is 2.29. The fourth-order valence-electron chi connectivity index (χ4n) is 4.05. The van der Waals surface area contributed by atoms with Crippen LogP contribution in [0.5, 0.6) is 0 Å². The summed E-state index contributed by atoms with van der Waals surface area (Å²) in [6, 6.07) is 6.33. The summed E-state index contributed by atoms with van der Waals surface area (Å²) in [7, 11) is -2.93. The molecule has 0 bridgehead atoms. The van der Waals surface area contributed by atoms with Gasteiger partial charge in [-0.15, -0.1) is 0 Å². The maximum Gasteiger partial charge on any atom is 0.223 e. The zero-order valence-corrected chi connectivity index (χ0v) is 15.1. The monoisotopic (exact) mass is 360 g/mol. The van der Waals surface area contributed by atoms with E-state index in [1.165, 1.54) is 35.0 Å². The molecule has 1 fully saturated rings. The SMILES string of the molecule is O=C(NCc1ccc2[nH]c3c(c2c1)CCCC3)C1CCS(=O)(=O)CC1. The predicted octanol–water partition coefficient (Wildman–Crippen LogP) is 2.49. The van der Waals surface area contributed by atoms with Crippen molar-refractivity contribution in [2.45, 2.75) is 45.1 Å². The minimum Gasteiger partial charge on any atom is -0.358 e. The van der Waals surface area contributed by atoms with Gasteiger partial charge in [0.2, 0.25) is 5.91 Å². The van der Waals surface area contributed by atoms with Crippen molar-refractivity contribution in [2.24, 2.45) is 5.92 Å². The summed E-state index contributed by atoms with van der Waals surface area (Å²) in [5, 5.41) is 4.27. The van der Waals surface area contributed by atoms with Gasteiger partial charge in [-0.25, -0.2) is 8.42 Å². The number of carbonyl (C=O) groups is 1. The third-order valence-electron chi connectivity index (χ3n) is 5.55. The number of rotatable bonds is 3. The van der Waals surface area contributed by atoms with E-state index in [-0.39, 0.29) is 23.3 Å². The molecule has 25 heavy (non-hydrogen) atoms. The van der Waals surface area contributed by atoms with Gasteiger partial charge < -0.3 is 10.3 Å². The van der Waals surface area contributed by atoms with E-state index < -0.39 is 9.84 Å². The van der Waals surface area contributed by atoms with Crippen molar-refractivity contribution in [1.29, 1.82) is 0 Å². The van der Waals surface area contributed by atoms with Crippen LogP contribution in [0.4, 0.5) is 0 Å². The van der Waals surface area contributed by atoms with Crippen molar-refractivity contribution in [2.75, 3.05) is 11.5 Å². The van der Waals surface area contributed by atoms with E-state index in [2.05, 4.69) is 28.5 Å². The lowest BCUT2D eigenvalue weighted by Gasteiger charge is -2.21. The van der Waals surface area contributed by atoms with Crippen LogP contribution in [-0.2, 0) is 34.0 Å². The fraction of sp³-hybridized carbons (Fsp3) is 0.526. The smallest absolute Gasteiger partial charge is 0.223 e. The topological polar surface area (TPSA) is 79.0 Å². The van der Waals surface area contributed by atoms with E-state index in [1.54, 1.807) is 0 Å². The molecule has 0 atom stereocenters. The highest BCUT2D eigenvalue weighted by atomic mass is 32.2. The third-order valence-corrected chi connectivity index (χ3v) is 7.27. The zero-order valence-electron chi connectivity index (χ0n) is 14.3. The molecule has 0 unspecified atom stereocenters. The fourth-order valence-corrected chi connectivity index (χ4v) is 5.54. The summed E-state index contributed by atoms with van der Waals surface area (Å²) in [6.07, 6.45) is 5.63. The van der Waals surface area contributed by atoms with Gasteiger partial charge in [-0.2, -0.15) is 0 Å². The number of sulfone groups is 1. The Hall–Kier alpha value is -1.82. The highest BCUT2D eigenvalue weighted by molar-refractivity contribution is 7.91. The van der Waals surface area contributed by atoms with Crippen LogP contribution >= 0.6 is 0 Å². The van der Waals surface area contributed by atoms with Crippen LogP contribution in [0.1, 0.15) is 42.5 Å². The van der Waals surface area contributed by atoms with E-state index in [0.717, 1.165) is 18.4 Å². The summed E-state index contributed by atoms with van der Waals surface area (Å²) in [5.74, 6) is 0.0670. The molecule has 0 saturated carbocycles. The van der Waals surface area contributed by atoms with Crippen LogP contribution in [0.2, 0.25) is 0 Å². The molecule has 1 aromatic carbocycles. The van der Waals surface area contributed by atoms with E-state index in [1.807, 2.05) is 0 Å². The van der Waals surface area contributed by atoms with E-state index >= 15 is 0 Å². The third kappa shape index (κ3) is 3.45. The second-order valence-corrected chi connectivity index (χ2v) is 9.62. The largest absolute Gasteiger partial charge is 0.358 e. The predicted molar refractivity (Wildman–Crippen MR) is 98.2 cm³/mol. The van der Waals surface area contributed by atoms with Gasteiger partial charge >= 0.3 is 0 Å². The van der Waals surface area contributed by atoms with Crippen LogP contribution in [0.25, 0.3) is 10.9 Å². The number of aryl methyl sites for hydroxylation is 2. The quantitative estimate of drug-likeness (QED) is 0.883. The van der Waals surface area contributed by atoms with Crippen LogP contribution in [0.3, 0.4) is 0 Å². The second kappa shape index (κ2) is 6.48. The van der Waals surface area contributed by atoms with Crippen molar-refractivity contribution >= 4 is 26.6 Å². The lowest BCUT2D eigenvalue weighted by molar-refractivity contribution is -0.125. The number of hydrogen-bond donors (Lipinski definition) is 2. The normalized spacial score (nSPS) is 20.3. The molecule has 134 valence electrons. The number of carbonyl (C=O) groups excluding carboxylic acids is 1. The van der Waals surface area contributed by atoms with Crippen molar-refractivity contribution in [3.8, 4) is 0 Å². The molecular weight excluding hydrogens is 336 g/mol. The molecule has 2 aliphatic rings. The first-order valence-corrected chi connectivity index (χ1v) is 10.9. The number of hydrogen-bond acceptors (Lipinski definition) is 3. The Morgan fingerprint density at radius 2 is 1.92 bits per heavy atom. The molecule has 1 aliphatic carbocycles. The Kier molecular flexibility index (Phi) is 4.31. The molecule has 0 spiro atoms. The number of fused-ring (bicyclic) bond motifs is 3. The molecule has 4 rings (SSSR count). The Morgan fingerprint density at radius 1 is 1.16 bits per heavy atom. The van der Waals surface area contributed by atoms with Gasteiger partial charge in [0.25, 0.3) is 0 Å². The van der Waals surface area contributed by atoms with Gasteiger partial charge in [0.05, 0.1) is 11.5 Å². The van der Waals surface area contributed by atoms with E-state index in [4.69, 9.17) is 0 Å². The molecular formula is C19H24N2O3S. The van der Waals surface area contributed by atoms with Gasteiger partial charge in [0.1, 0.15) is 9.84 Å². The Morgan fingerprint density at radius 3 is 2.72 bits per heavy atom. The summed E-state index contributed by atoms with van der Waals surface area (Å²) in [5.41, 5.74) is 5.08. The number of aromatic nitrogens is 1. The van der Waals surface area contributed by atoms with Crippen LogP contribution in [0, 0.1) is 5.92 Å². The number of nitrogens with one attached hydrogen (secondary N) is 2. The molecule has 2 N–H and O–H groups in total. The number of amides is 1. The van der Waals surface area contributed by atoms with Crippen molar-refractivity contribution in [3.05, 3.63) is 35.0 Å². The zero-order chi connectivity index (χ0) is 17.4. The van der Waals surface area contributed by atoms with Gasteiger partial charge in [0.15, 0.2) is 0 Å². The molecule has 1 aliphatic heterocycles. The second-order valence-electron chi connectivity index (χ2n) is 7.31. The Bertz CT molecular complexity index is 900. The molecule has 2 aromatic rings. The maximum atomic E-state index is 12.3. The first kappa shape index (κ1) is 16.6. The van der Waals surface area contributed by atoms with Crippen molar-refractivity contribution in [3.63, 3.8) is 0 Å².